The maximum absolute atomic E-state index is 12.1. The molecule has 1 aliphatic rings. The first-order valence-corrected chi connectivity index (χ1v) is 6.20. The zero-order chi connectivity index (χ0) is 14.0. The molecule has 1 fully saturated rings. The van der Waals surface area contributed by atoms with E-state index in [1.165, 1.54) is 0 Å². The van der Waals surface area contributed by atoms with Crippen LogP contribution in [0.15, 0.2) is 12.3 Å². The zero-order valence-corrected chi connectivity index (χ0v) is 10.6. The number of nitrogen functional groups attached to an aromatic ring is 1. The smallest absolute Gasteiger partial charge is 0.288 e. The lowest BCUT2D eigenvalue weighted by Crippen LogP contribution is -2.36. The van der Waals surface area contributed by atoms with Crippen LogP contribution in [0.5, 0.6) is 0 Å². The number of aromatic nitrogens is 1. The minimum absolute atomic E-state index is 0.00810. The van der Waals surface area contributed by atoms with Crippen molar-refractivity contribution in [3.8, 4) is 0 Å². The average molecular weight is 264 g/mol. The second-order valence-electron chi connectivity index (χ2n) is 4.87. The topological polar surface area (TPSA) is 111 Å². The molecular weight excluding hydrogens is 248 g/mol. The van der Waals surface area contributed by atoms with Crippen LogP contribution in [0.1, 0.15) is 36.5 Å². The van der Waals surface area contributed by atoms with Gasteiger partial charge in [0.15, 0.2) is 0 Å². The number of pyridine rings is 1. The highest BCUT2D eigenvalue weighted by molar-refractivity contribution is 5.99. The van der Waals surface area contributed by atoms with Gasteiger partial charge in [0, 0.05) is 12.1 Å². The second-order valence-corrected chi connectivity index (χ2v) is 4.87. The van der Waals surface area contributed by atoms with Gasteiger partial charge in [-0.3, -0.25) is 14.9 Å². The Bertz CT molecular complexity index is 518. The number of carbonyl (C=O) groups excluding carboxylic acids is 1. The van der Waals surface area contributed by atoms with Crippen molar-refractivity contribution in [2.24, 2.45) is 5.92 Å². The van der Waals surface area contributed by atoms with Crippen LogP contribution in [-0.4, -0.2) is 21.9 Å². The number of nitro groups is 1. The summed E-state index contributed by atoms with van der Waals surface area (Å²) in [4.78, 5) is 25.9. The normalized spacial score (nSPS) is 22.2. The summed E-state index contributed by atoms with van der Waals surface area (Å²) in [6.07, 6.45) is 4.13. The van der Waals surface area contributed by atoms with E-state index in [1.54, 1.807) is 0 Å². The van der Waals surface area contributed by atoms with E-state index >= 15 is 0 Å². The van der Waals surface area contributed by atoms with E-state index in [1.807, 2.05) is 0 Å². The fourth-order valence-corrected chi connectivity index (χ4v) is 2.35. The van der Waals surface area contributed by atoms with Crippen LogP contribution in [0.4, 0.5) is 11.5 Å². The Labute approximate surface area is 110 Å². The molecule has 0 spiro atoms. The molecule has 0 saturated heterocycles. The number of anilines is 1. The summed E-state index contributed by atoms with van der Waals surface area (Å²) in [5.74, 6) is 0.0260. The number of nitrogens with two attached hydrogens (primary N) is 1. The summed E-state index contributed by atoms with van der Waals surface area (Å²) in [5.41, 5.74) is 5.43. The molecule has 0 bridgehead atoms. The molecule has 1 heterocycles. The van der Waals surface area contributed by atoms with Gasteiger partial charge >= 0.3 is 0 Å². The van der Waals surface area contributed by atoms with Crippen molar-refractivity contribution < 1.29 is 9.72 Å². The number of hydrogen-bond donors (Lipinski definition) is 2. The molecule has 2 unspecified atom stereocenters. The quantitative estimate of drug-likeness (QED) is 0.634. The highest BCUT2D eigenvalue weighted by Gasteiger charge is 2.26. The van der Waals surface area contributed by atoms with Gasteiger partial charge in [0.25, 0.3) is 11.6 Å². The predicted octanol–water partition coefficient (Wildman–Crippen LogP) is 1.49. The summed E-state index contributed by atoms with van der Waals surface area (Å²) < 4.78 is 0. The summed E-state index contributed by atoms with van der Waals surface area (Å²) in [7, 11) is 0. The predicted molar refractivity (Wildman–Crippen MR) is 69.6 cm³/mol. The molecule has 0 radical (unpaired) electrons. The maximum atomic E-state index is 12.1. The summed E-state index contributed by atoms with van der Waals surface area (Å²) in [6, 6.07) is 1.27. The molecule has 7 heteroatoms. The lowest BCUT2D eigenvalue weighted by molar-refractivity contribution is -0.385. The highest BCUT2D eigenvalue weighted by Crippen LogP contribution is 2.25. The average Bonchev–Trinajstić information content (AvgIpc) is 2.75. The largest absolute Gasteiger partial charge is 0.383 e. The lowest BCUT2D eigenvalue weighted by atomic mass is 10.1. The number of amides is 1. The minimum Gasteiger partial charge on any atom is -0.383 e. The summed E-state index contributed by atoms with van der Waals surface area (Å²) in [5, 5.41) is 13.5. The molecule has 1 aromatic heterocycles. The molecule has 7 nitrogen and oxygen atoms in total. The van der Waals surface area contributed by atoms with Gasteiger partial charge in [0.2, 0.25) is 0 Å². The fourth-order valence-electron chi connectivity index (χ4n) is 2.35. The molecule has 1 amide bonds. The van der Waals surface area contributed by atoms with Gasteiger partial charge in [-0.15, -0.1) is 0 Å². The van der Waals surface area contributed by atoms with Crippen molar-refractivity contribution in [3.63, 3.8) is 0 Å². The van der Waals surface area contributed by atoms with Crippen molar-refractivity contribution in [3.05, 3.63) is 27.9 Å². The highest BCUT2D eigenvalue weighted by atomic mass is 16.6. The van der Waals surface area contributed by atoms with E-state index in [0.717, 1.165) is 31.5 Å². The Morgan fingerprint density at radius 2 is 2.32 bits per heavy atom. The van der Waals surface area contributed by atoms with Gasteiger partial charge in [-0.2, -0.15) is 0 Å². The standard InChI is InChI=1S/C12H16N4O3/c1-7-3-2-4-10(7)15-12(17)9-5-8(16(18)19)6-14-11(9)13/h5-7,10H,2-4H2,1H3,(H2,13,14)(H,15,17). The number of rotatable bonds is 3. The monoisotopic (exact) mass is 264 g/mol. The number of nitrogens with one attached hydrogen (secondary N) is 1. The third kappa shape index (κ3) is 2.81. The van der Waals surface area contributed by atoms with Crippen LogP contribution in [0, 0.1) is 16.0 Å². The first kappa shape index (κ1) is 13.3. The Hall–Kier alpha value is -2.18. The van der Waals surface area contributed by atoms with Crippen molar-refractivity contribution >= 4 is 17.4 Å². The van der Waals surface area contributed by atoms with Crippen molar-refractivity contribution in [2.45, 2.75) is 32.2 Å². The molecule has 1 aliphatic carbocycles. The Kier molecular flexibility index (Phi) is 3.64. The van der Waals surface area contributed by atoms with Gasteiger partial charge in [-0.25, -0.2) is 4.98 Å². The number of nitrogens with zero attached hydrogens (tertiary/aromatic N) is 2. The molecule has 19 heavy (non-hydrogen) atoms. The molecule has 102 valence electrons. The van der Waals surface area contributed by atoms with Gasteiger partial charge in [-0.05, 0) is 18.8 Å². The van der Waals surface area contributed by atoms with Gasteiger partial charge < -0.3 is 11.1 Å². The number of carbonyl (C=O) groups is 1. The van der Waals surface area contributed by atoms with Crippen LogP contribution in [0.3, 0.4) is 0 Å². The van der Waals surface area contributed by atoms with Gasteiger partial charge in [-0.1, -0.05) is 13.3 Å². The zero-order valence-electron chi connectivity index (χ0n) is 10.6. The lowest BCUT2D eigenvalue weighted by Gasteiger charge is -2.17. The molecular formula is C12H16N4O3. The Morgan fingerprint density at radius 3 is 2.89 bits per heavy atom. The van der Waals surface area contributed by atoms with E-state index in [2.05, 4.69) is 17.2 Å². The maximum Gasteiger partial charge on any atom is 0.288 e. The molecule has 2 rings (SSSR count). The third-order valence-corrected chi connectivity index (χ3v) is 3.54. The first-order valence-electron chi connectivity index (χ1n) is 6.20. The van der Waals surface area contributed by atoms with E-state index in [0.29, 0.717) is 5.92 Å². The van der Waals surface area contributed by atoms with Crippen LogP contribution in [0.2, 0.25) is 0 Å². The summed E-state index contributed by atoms with van der Waals surface area (Å²) >= 11 is 0. The van der Waals surface area contributed by atoms with Gasteiger partial charge in [0.05, 0.1) is 10.5 Å². The number of hydrogen-bond acceptors (Lipinski definition) is 5. The van der Waals surface area contributed by atoms with Crippen LogP contribution < -0.4 is 11.1 Å². The van der Waals surface area contributed by atoms with Gasteiger partial charge in [0.1, 0.15) is 12.0 Å². The molecule has 3 N–H and O–H groups in total. The molecule has 0 aliphatic heterocycles. The van der Waals surface area contributed by atoms with E-state index < -0.39 is 10.8 Å². The minimum atomic E-state index is -0.596. The van der Waals surface area contributed by atoms with E-state index in [9.17, 15) is 14.9 Å². The van der Waals surface area contributed by atoms with E-state index in [4.69, 9.17) is 5.73 Å². The third-order valence-electron chi connectivity index (χ3n) is 3.54. The Balaban J connectivity index is 2.18. The van der Waals surface area contributed by atoms with Crippen LogP contribution in [0.25, 0.3) is 0 Å². The van der Waals surface area contributed by atoms with Crippen LogP contribution in [-0.2, 0) is 0 Å². The fraction of sp³-hybridized carbons (Fsp3) is 0.500. The molecule has 1 saturated carbocycles. The first-order chi connectivity index (χ1) is 8.99. The van der Waals surface area contributed by atoms with Crippen molar-refractivity contribution in [2.75, 3.05) is 5.73 Å². The van der Waals surface area contributed by atoms with Crippen molar-refractivity contribution in [1.82, 2.24) is 10.3 Å². The molecule has 0 aromatic carbocycles. The SMILES string of the molecule is CC1CCCC1NC(=O)c1cc([N+](=O)[O-])cnc1N. The molecule has 2 atom stereocenters. The Morgan fingerprint density at radius 1 is 1.58 bits per heavy atom. The summed E-state index contributed by atoms with van der Waals surface area (Å²) in [6.45, 7) is 2.08. The van der Waals surface area contributed by atoms with Crippen molar-refractivity contribution in [1.29, 1.82) is 0 Å². The van der Waals surface area contributed by atoms with E-state index in [-0.39, 0.29) is 23.1 Å². The van der Waals surface area contributed by atoms with Crippen LogP contribution >= 0.6 is 0 Å². The molecule has 1 aromatic rings. The second kappa shape index (κ2) is 5.21.